The minimum absolute atomic E-state index is 0.261. The molecule has 6 heteroatoms. The number of methoxy groups -OCH3 is 2. The van der Waals surface area contributed by atoms with Gasteiger partial charge >= 0.3 is 11.9 Å². The van der Waals surface area contributed by atoms with E-state index in [1.807, 2.05) is 0 Å². The minimum atomic E-state index is -0.424. The Hall–Kier alpha value is -2.76. The summed E-state index contributed by atoms with van der Waals surface area (Å²) in [6, 6.07) is 6.97. The number of carbonyl (C=O) groups is 2. The fourth-order valence-corrected chi connectivity index (χ4v) is 1.35. The molecule has 0 aliphatic rings. The summed E-state index contributed by atoms with van der Waals surface area (Å²) in [5, 5.41) is 0. The third-order valence-electron chi connectivity index (χ3n) is 2.43. The summed E-state index contributed by atoms with van der Waals surface area (Å²) in [7, 11) is 2.62. The Bertz CT molecular complexity index is 481. The summed E-state index contributed by atoms with van der Waals surface area (Å²) in [5.74, 6) is 0.443. The van der Waals surface area contributed by atoms with Crippen molar-refractivity contribution in [3.05, 3.63) is 48.6 Å². The molecule has 0 atom stereocenters. The maximum atomic E-state index is 10.8. The van der Waals surface area contributed by atoms with Crippen LogP contribution in [0.1, 0.15) is 0 Å². The molecule has 22 heavy (non-hydrogen) atoms. The van der Waals surface area contributed by atoms with Crippen LogP contribution in [0.3, 0.4) is 0 Å². The summed E-state index contributed by atoms with van der Waals surface area (Å²) in [4.78, 5) is 21.7. The van der Waals surface area contributed by atoms with Gasteiger partial charge in [-0.25, -0.2) is 9.59 Å². The SMILES string of the molecule is COC(=O)/C=C/COc1ccc(OC/C=C/C(=O)OC)cc1. The molecule has 0 fully saturated rings. The smallest absolute Gasteiger partial charge is 0.330 e. The van der Waals surface area contributed by atoms with Gasteiger partial charge < -0.3 is 18.9 Å². The molecular formula is C16H18O6. The molecule has 0 saturated heterocycles. The molecular weight excluding hydrogens is 288 g/mol. The molecule has 1 aromatic rings. The zero-order valence-electron chi connectivity index (χ0n) is 12.5. The van der Waals surface area contributed by atoms with Crippen molar-refractivity contribution in [3.63, 3.8) is 0 Å². The van der Waals surface area contributed by atoms with E-state index in [1.165, 1.54) is 26.4 Å². The number of ether oxygens (including phenoxy) is 4. The fourth-order valence-electron chi connectivity index (χ4n) is 1.35. The van der Waals surface area contributed by atoms with Crippen LogP contribution in [0.5, 0.6) is 11.5 Å². The number of hydrogen-bond donors (Lipinski definition) is 0. The number of rotatable bonds is 8. The number of carbonyl (C=O) groups excluding carboxylic acids is 2. The largest absolute Gasteiger partial charge is 0.490 e. The van der Waals surface area contributed by atoms with E-state index < -0.39 is 11.9 Å². The molecule has 0 aromatic heterocycles. The number of hydrogen-bond acceptors (Lipinski definition) is 6. The standard InChI is InChI=1S/C16H18O6/c1-19-15(17)5-3-11-21-13-7-9-14(10-8-13)22-12-4-6-16(18)20-2/h3-10H,11-12H2,1-2H3/b5-3+,6-4+. The topological polar surface area (TPSA) is 71.1 Å². The van der Waals surface area contributed by atoms with Gasteiger partial charge in [-0.2, -0.15) is 0 Å². The summed E-state index contributed by atoms with van der Waals surface area (Å²) in [6.45, 7) is 0.522. The van der Waals surface area contributed by atoms with Gasteiger partial charge in [0, 0.05) is 12.2 Å². The van der Waals surface area contributed by atoms with E-state index in [0.717, 1.165) is 0 Å². The molecule has 118 valence electrons. The first-order chi connectivity index (χ1) is 10.7. The molecule has 1 rings (SSSR count). The van der Waals surface area contributed by atoms with Crippen molar-refractivity contribution in [2.45, 2.75) is 0 Å². The van der Waals surface area contributed by atoms with E-state index in [9.17, 15) is 9.59 Å². The fraction of sp³-hybridized carbons (Fsp3) is 0.250. The molecule has 0 heterocycles. The Morgan fingerprint density at radius 3 is 1.50 bits per heavy atom. The van der Waals surface area contributed by atoms with Crippen molar-refractivity contribution in [3.8, 4) is 11.5 Å². The lowest BCUT2D eigenvalue weighted by Crippen LogP contribution is -1.99. The highest BCUT2D eigenvalue weighted by molar-refractivity contribution is 5.82. The van der Waals surface area contributed by atoms with E-state index in [0.29, 0.717) is 11.5 Å². The molecule has 1 aromatic carbocycles. The van der Waals surface area contributed by atoms with Crippen molar-refractivity contribution < 1.29 is 28.5 Å². The van der Waals surface area contributed by atoms with Gasteiger partial charge in [-0.05, 0) is 36.4 Å². The lowest BCUT2D eigenvalue weighted by molar-refractivity contribution is -0.135. The van der Waals surface area contributed by atoms with Crippen molar-refractivity contribution in [1.82, 2.24) is 0 Å². The van der Waals surface area contributed by atoms with Crippen molar-refractivity contribution in [2.75, 3.05) is 27.4 Å². The van der Waals surface area contributed by atoms with Crippen LogP contribution in [-0.4, -0.2) is 39.4 Å². The van der Waals surface area contributed by atoms with E-state index in [2.05, 4.69) is 9.47 Å². The molecule has 0 saturated carbocycles. The van der Waals surface area contributed by atoms with Crippen LogP contribution in [0, 0.1) is 0 Å². The highest BCUT2D eigenvalue weighted by Gasteiger charge is 1.96. The molecule has 0 spiro atoms. The Kier molecular flexibility index (Phi) is 7.89. The van der Waals surface area contributed by atoms with Gasteiger partial charge in [-0.15, -0.1) is 0 Å². The summed E-state index contributed by atoms with van der Waals surface area (Å²) >= 11 is 0. The highest BCUT2D eigenvalue weighted by Crippen LogP contribution is 2.17. The zero-order chi connectivity index (χ0) is 16.2. The van der Waals surface area contributed by atoms with Crippen LogP contribution >= 0.6 is 0 Å². The molecule has 0 N–H and O–H groups in total. The van der Waals surface area contributed by atoms with Crippen molar-refractivity contribution in [1.29, 1.82) is 0 Å². The molecule has 0 aliphatic carbocycles. The molecule has 0 bridgehead atoms. The van der Waals surface area contributed by atoms with E-state index in [1.54, 1.807) is 36.4 Å². The van der Waals surface area contributed by atoms with Gasteiger partial charge in [0.1, 0.15) is 24.7 Å². The number of esters is 2. The molecule has 6 nitrogen and oxygen atoms in total. The van der Waals surface area contributed by atoms with Crippen LogP contribution < -0.4 is 9.47 Å². The highest BCUT2D eigenvalue weighted by atomic mass is 16.5. The van der Waals surface area contributed by atoms with Gasteiger partial charge in [0.15, 0.2) is 0 Å². The second-order valence-electron chi connectivity index (χ2n) is 3.94. The quantitative estimate of drug-likeness (QED) is 0.539. The van der Waals surface area contributed by atoms with E-state index >= 15 is 0 Å². The van der Waals surface area contributed by atoms with Crippen LogP contribution in [0.4, 0.5) is 0 Å². The Morgan fingerprint density at radius 1 is 0.818 bits per heavy atom. The second kappa shape index (κ2) is 10.0. The van der Waals surface area contributed by atoms with Crippen molar-refractivity contribution in [2.24, 2.45) is 0 Å². The molecule has 0 amide bonds. The molecule has 0 unspecified atom stereocenters. The minimum Gasteiger partial charge on any atom is -0.490 e. The zero-order valence-corrected chi connectivity index (χ0v) is 12.5. The first-order valence-corrected chi connectivity index (χ1v) is 6.50. The van der Waals surface area contributed by atoms with Gasteiger partial charge in [0.2, 0.25) is 0 Å². The molecule has 0 aliphatic heterocycles. The second-order valence-corrected chi connectivity index (χ2v) is 3.94. The van der Waals surface area contributed by atoms with E-state index in [-0.39, 0.29) is 13.2 Å². The lowest BCUT2D eigenvalue weighted by atomic mass is 10.3. The Balaban J connectivity index is 2.34. The Labute approximate surface area is 128 Å². The predicted molar refractivity (Wildman–Crippen MR) is 79.7 cm³/mol. The van der Waals surface area contributed by atoms with Crippen LogP contribution in [-0.2, 0) is 19.1 Å². The lowest BCUT2D eigenvalue weighted by Gasteiger charge is -2.06. The van der Waals surface area contributed by atoms with E-state index in [4.69, 9.17) is 9.47 Å². The summed E-state index contributed by atoms with van der Waals surface area (Å²) < 4.78 is 19.7. The monoisotopic (exact) mass is 306 g/mol. The average Bonchev–Trinajstić information content (AvgIpc) is 2.56. The molecule has 0 radical (unpaired) electrons. The summed E-state index contributed by atoms with van der Waals surface area (Å²) in [6.07, 6.45) is 5.72. The average molecular weight is 306 g/mol. The van der Waals surface area contributed by atoms with Gasteiger partial charge in [-0.3, -0.25) is 0 Å². The van der Waals surface area contributed by atoms with Crippen molar-refractivity contribution >= 4 is 11.9 Å². The van der Waals surface area contributed by atoms with Gasteiger partial charge in [0.25, 0.3) is 0 Å². The van der Waals surface area contributed by atoms with Gasteiger partial charge in [0.05, 0.1) is 14.2 Å². The third kappa shape index (κ3) is 7.14. The predicted octanol–water partition coefficient (Wildman–Crippen LogP) is 1.90. The maximum Gasteiger partial charge on any atom is 0.330 e. The maximum absolute atomic E-state index is 10.8. The summed E-state index contributed by atoms with van der Waals surface area (Å²) in [5.41, 5.74) is 0. The normalized spacial score (nSPS) is 10.6. The van der Waals surface area contributed by atoms with Crippen LogP contribution in [0.15, 0.2) is 48.6 Å². The van der Waals surface area contributed by atoms with Gasteiger partial charge in [-0.1, -0.05) is 0 Å². The number of benzene rings is 1. The van der Waals surface area contributed by atoms with Crippen LogP contribution in [0.2, 0.25) is 0 Å². The Morgan fingerprint density at radius 2 is 1.18 bits per heavy atom. The first kappa shape index (κ1) is 17.3. The third-order valence-corrected chi connectivity index (χ3v) is 2.43. The first-order valence-electron chi connectivity index (χ1n) is 6.50. The van der Waals surface area contributed by atoms with Crippen LogP contribution in [0.25, 0.3) is 0 Å².